The quantitative estimate of drug-likeness (QED) is 0.866. The summed E-state index contributed by atoms with van der Waals surface area (Å²) in [4.78, 5) is 12.7. The molecule has 4 rings (SSSR count). The van der Waals surface area contributed by atoms with Crippen LogP contribution in [-0.4, -0.2) is 35.3 Å². The number of nitrogens with zero attached hydrogens (tertiary/aromatic N) is 2. The minimum absolute atomic E-state index is 0.137. The largest absolute Gasteiger partial charge is 0.351 e. The Kier molecular flexibility index (Phi) is 5.02. The Labute approximate surface area is 153 Å². The van der Waals surface area contributed by atoms with E-state index >= 15 is 0 Å². The molecule has 1 saturated heterocycles. The third-order valence-corrected chi connectivity index (χ3v) is 5.46. The summed E-state index contributed by atoms with van der Waals surface area (Å²) in [5.41, 5.74) is 2.82. The number of benzene rings is 1. The van der Waals surface area contributed by atoms with Crippen LogP contribution >= 0.6 is 0 Å². The summed E-state index contributed by atoms with van der Waals surface area (Å²) >= 11 is 0. The van der Waals surface area contributed by atoms with E-state index in [9.17, 15) is 9.18 Å². The molecule has 1 aromatic heterocycles. The lowest BCUT2D eigenvalue weighted by atomic mass is 9.96. The molecule has 0 radical (unpaired) electrons. The first-order chi connectivity index (χ1) is 12.7. The number of nitrogens with one attached hydrogen (secondary N) is 2. The van der Waals surface area contributed by atoms with Gasteiger partial charge in [0.05, 0.1) is 0 Å². The molecular weight excluding hydrogens is 331 g/mol. The van der Waals surface area contributed by atoms with Gasteiger partial charge in [-0.2, -0.15) is 5.10 Å². The summed E-state index contributed by atoms with van der Waals surface area (Å²) in [5, 5.41) is 10.9. The molecule has 2 aromatic rings. The summed E-state index contributed by atoms with van der Waals surface area (Å²) in [6.45, 7) is 2.79. The van der Waals surface area contributed by atoms with E-state index in [2.05, 4.69) is 15.7 Å². The molecule has 1 atom stereocenters. The summed E-state index contributed by atoms with van der Waals surface area (Å²) in [5.74, 6) is 0.175. The Balaban J connectivity index is 1.49. The lowest BCUT2D eigenvalue weighted by molar-refractivity contribution is 0.0944. The molecule has 0 bridgehead atoms. The molecule has 2 heterocycles. The molecule has 2 N–H and O–H groups in total. The Morgan fingerprint density at radius 3 is 3.00 bits per heavy atom. The third kappa shape index (κ3) is 3.38. The van der Waals surface area contributed by atoms with Gasteiger partial charge in [-0.25, -0.2) is 9.07 Å². The number of hydrogen-bond donors (Lipinski definition) is 2. The average molecular weight is 356 g/mol. The van der Waals surface area contributed by atoms with Gasteiger partial charge in [0.2, 0.25) is 0 Å². The number of hydrogen-bond acceptors (Lipinski definition) is 3. The molecule has 0 spiro atoms. The number of para-hydroxylation sites is 1. The lowest BCUT2D eigenvalue weighted by Gasteiger charge is -2.22. The van der Waals surface area contributed by atoms with E-state index in [1.807, 2.05) is 0 Å². The molecule has 1 aromatic carbocycles. The number of aromatic nitrogens is 2. The van der Waals surface area contributed by atoms with Gasteiger partial charge in [0.1, 0.15) is 11.5 Å². The fourth-order valence-electron chi connectivity index (χ4n) is 4.09. The van der Waals surface area contributed by atoms with Crippen LogP contribution in [0.1, 0.15) is 47.4 Å². The molecule has 0 saturated carbocycles. The van der Waals surface area contributed by atoms with Crippen LogP contribution in [0.4, 0.5) is 4.39 Å². The van der Waals surface area contributed by atoms with Crippen LogP contribution in [0.3, 0.4) is 0 Å². The normalized spacial score (nSPS) is 19.3. The fraction of sp³-hybridized carbons (Fsp3) is 0.500. The predicted molar refractivity (Wildman–Crippen MR) is 98.1 cm³/mol. The molecule has 1 aliphatic carbocycles. The minimum atomic E-state index is -0.318. The van der Waals surface area contributed by atoms with Crippen molar-refractivity contribution in [3.05, 3.63) is 47.0 Å². The van der Waals surface area contributed by atoms with Gasteiger partial charge in [0, 0.05) is 17.8 Å². The molecule has 26 heavy (non-hydrogen) atoms. The third-order valence-electron chi connectivity index (χ3n) is 5.46. The number of fused-ring (bicyclic) bond motifs is 1. The fourth-order valence-corrected chi connectivity index (χ4v) is 4.09. The number of amides is 1. The molecule has 1 amide bonds. The van der Waals surface area contributed by atoms with E-state index in [0.29, 0.717) is 23.8 Å². The SMILES string of the molecule is O=C(NCCC1CCCNC1)c1nn(-c2ccccc2F)c2c1CCC2. The van der Waals surface area contributed by atoms with Crippen molar-refractivity contribution in [2.45, 2.75) is 38.5 Å². The highest BCUT2D eigenvalue weighted by molar-refractivity contribution is 5.94. The van der Waals surface area contributed by atoms with E-state index in [1.165, 1.54) is 18.9 Å². The topological polar surface area (TPSA) is 59.0 Å². The van der Waals surface area contributed by atoms with Crippen LogP contribution in [-0.2, 0) is 12.8 Å². The van der Waals surface area contributed by atoms with Crippen molar-refractivity contribution in [1.82, 2.24) is 20.4 Å². The maximum absolute atomic E-state index is 14.2. The van der Waals surface area contributed by atoms with Crippen molar-refractivity contribution in [2.24, 2.45) is 5.92 Å². The van der Waals surface area contributed by atoms with E-state index < -0.39 is 0 Å². The minimum Gasteiger partial charge on any atom is -0.351 e. The number of rotatable bonds is 5. The maximum Gasteiger partial charge on any atom is 0.272 e. The monoisotopic (exact) mass is 356 g/mol. The Bertz CT molecular complexity index is 795. The average Bonchev–Trinajstić information content (AvgIpc) is 3.26. The Morgan fingerprint density at radius 1 is 1.31 bits per heavy atom. The molecular formula is C20H25FN4O. The second kappa shape index (κ2) is 7.58. The van der Waals surface area contributed by atoms with Crippen molar-refractivity contribution in [3.8, 4) is 5.69 Å². The van der Waals surface area contributed by atoms with Gasteiger partial charge in [-0.1, -0.05) is 12.1 Å². The Hall–Kier alpha value is -2.21. The summed E-state index contributed by atoms with van der Waals surface area (Å²) in [6, 6.07) is 6.59. The zero-order chi connectivity index (χ0) is 17.9. The first-order valence-electron chi connectivity index (χ1n) is 9.58. The first kappa shape index (κ1) is 17.2. The number of carbonyl (C=O) groups is 1. The molecule has 1 aliphatic heterocycles. The highest BCUT2D eigenvalue weighted by atomic mass is 19.1. The van der Waals surface area contributed by atoms with Crippen LogP contribution in [0.5, 0.6) is 0 Å². The van der Waals surface area contributed by atoms with Gasteiger partial charge in [-0.05, 0) is 69.7 Å². The predicted octanol–water partition coefficient (Wildman–Crippen LogP) is 2.62. The van der Waals surface area contributed by atoms with Crippen LogP contribution < -0.4 is 10.6 Å². The van der Waals surface area contributed by atoms with Gasteiger partial charge >= 0.3 is 0 Å². The number of halogens is 1. The van der Waals surface area contributed by atoms with Gasteiger partial charge in [0.15, 0.2) is 5.69 Å². The summed E-state index contributed by atoms with van der Waals surface area (Å²) in [6.07, 6.45) is 6.06. The van der Waals surface area contributed by atoms with Crippen LogP contribution in [0.15, 0.2) is 24.3 Å². The summed E-state index contributed by atoms with van der Waals surface area (Å²) in [7, 11) is 0. The van der Waals surface area contributed by atoms with Crippen molar-refractivity contribution in [1.29, 1.82) is 0 Å². The van der Waals surface area contributed by atoms with Crippen LogP contribution in [0.25, 0.3) is 5.69 Å². The molecule has 6 heteroatoms. The maximum atomic E-state index is 14.2. The van der Waals surface area contributed by atoms with Crippen molar-refractivity contribution in [2.75, 3.05) is 19.6 Å². The zero-order valence-electron chi connectivity index (χ0n) is 14.9. The molecule has 1 fully saturated rings. The second-order valence-electron chi connectivity index (χ2n) is 7.25. The van der Waals surface area contributed by atoms with E-state index in [0.717, 1.165) is 50.0 Å². The highest BCUT2D eigenvalue weighted by Crippen LogP contribution is 2.28. The lowest BCUT2D eigenvalue weighted by Crippen LogP contribution is -2.33. The standard InChI is InChI=1S/C20H25FN4O/c21-16-7-1-2-8-18(16)25-17-9-3-6-15(17)19(24-25)20(26)23-12-10-14-5-4-11-22-13-14/h1-2,7-8,14,22H,3-6,9-13H2,(H,23,26). The molecule has 5 nitrogen and oxygen atoms in total. The van der Waals surface area contributed by atoms with Gasteiger partial charge in [-0.3, -0.25) is 4.79 Å². The van der Waals surface area contributed by atoms with E-state index in [-0.39, 0.29) is 11.7 Å². The van der Waals surface area contributed by atoms with Crippen LogP contribution in [0, 0.1) is 11.7 Å². The highest BCUT2D eigenvalue weighted by Gasteiger charge is 2.27. The van der Waals surface area contributed by atoms with Gasteiger partial charge < -0.3 is 10.6 Å². The second-order valence-corrected chi connectivity index (χ2v) is 7.25. The van der Waals surface area contributed by atoms with Crippen LogP contribution in [0.2, 0.25) is 0 Å². The molecule has 2 aliphatic rings. The first-order valence-corrected chi connectivity index (χ1v) is 9.58. The van der Waals surface area contributed by atoms with Crippen molar-refractivity contribution < 1.29 is 9.18 Å². The molecule has 138 valence electrons. The van der Waals surface area contributed by atoms with Crippen molar-refractivity contribution >= 4 is 5.91 Å². The number of piperidine rings is 1. The van der Waals surface area contributed by atoms with E-state index in [1.54, 1.807) is 22.9 Å². The zero-order valence-corrected chi connectivity index (χ0v) is 14.9. The molecule has 1 unspecified atom stereocenters. The summed E-state index contributed by atoms with van der Waals surface area (Å²) < 4.78 is 15.8. The van der Waals surface area contributed by atoms with Gasteiger partial charge in [-0.15, -0.1) is 0 Å². The van der Waals surface area contributed by atoms with E-state index in [4.69, 9.17) is 0 Å². The van der Waals surface area contributed by atoms with Crippen molar-refractivity contribution in [3.63, 3.8) is 0 Å². The van der Waals surface area contributed by atoms with Gasteiger partial charge in [0.25, 0.3) is 5.91 Å². The Morgan fingerprint density at radius 2 is 2.19 bits per heavy atom. The number of carbonyl (C=O) groups excluding carboxylic acids is 1. The smallest absolute Gasteiger partial charge is 0.272 e.